The molecule has 0 aromatic heterocycles. The summed E-state index contributed by atoms with van der Waals surface area (Å²) in [6, 6.07) is 0.505. The fourth-order valence-corrected chi connectivity index (χ4v) is 2.96. The van der Waals surface area contributed by atoms with Crippen molar-refractivity contribution in [1.29, 1.82) is 0 Å². The summed E-state index contributed by atoms with van der Waals surface area (Å²) in [6.45, 7) is 4.74. The van der Waals surface area contributed by atoms with E-state index in [4.69, 9.17) is 0 Å². The molecule has 1 heterocycles. The Morgan fingerprint density at radius 3 is 2.47 bits per heavy atom. The highest BCUT2D eigenvalue weighted by Gasteiger charge is 2.24. The average molecular weight is 205 g/mol. The van der Waals surface area contributed by atoms with Crippen LogP contribution in [0.3, 0.4) is 0 Å². The van der Waals surface area contributed by atoms with Crippen LogP contribution in [0.25, 0.3) is 0 Å². The Morgan fingerprint density at radius 1 is 1.20 bits per heavy atom. The minimum absolute atomic E-state index is 0.505. The van der Waals surface area contributed by atoms with Gasteiger partial charge in [-0.2, -0.15) is 0 Å². The van der Waals surface area contributed by atoms with Crippen molar-refractivity contribution in [2.24, 2.45) is 22.7 Å². The summed E-state index contributed by atoms with van der Waals surface area (Å²) in [5.74, 6) is 2.81. The molecule has 1 nitrogen and oxygen atoms in total. The van der Waals surface area contributed by atoms with E-state index in [0.717, 1.165) is 17.8 Å². The second-order valence-corrected chi connectivity index (χ2v) is 5.51. The first kappa shape index (κ1) is 10.9. The third kappa shape index (κ3) is 2.93. The molecule has 0 N–H and O–H groups in total. The Morgan fingerprint density at radius 2 is 1.93 bits per heavy atom. The molecule has 1 heteroatoms. The first-order valence-corrected chi connectivity index (χ1v) is 6.45. The topological polar surface area (TPSA) is 12.4 Å². The van der Waals surface area contributed by atoms with Crippen molar-refractivity contribution < 1.29 is 0 Å². The van der Waals surface area contributed by atoms with Crippen molar-refractivity contribution in [2.45, 2.75) is 52.0 Å². The van der Waals surface area contributed by atoms with E-state index >= 15 is 0 Å². The lowest BCUT2D eigenvalue weighted by Gasteiger charge is -2.31. The van der Waals surface area contributed by atoms with Crippen molar-refractivity contribution in [2.75, 3.05) is 0 Å². The maximum atomic E-state index is 4.45. The summed E-state index contributed by atoms with van der Waals surface area (Å²) < 4.78 is 0. The third-order valence-electron chi connectivity index (χ3n) is 4.11. The molecule has 0 bridgehead atoms. The van der Waals surface area contributed by atoms with Crippen molar-refractivity contribution >= 4 is 6.21 Å². The van der Waals surface area contributed by atoms with Gasteiger partial charge in [-0.05, 0) is 43.1 Å². The van der Waals surface area contributed by atoms with Crippen LogP contribution in [0.5, 0.6) is 0 Å². The molecule has 0 aromatic carbocycles. The number of nitrogens with zero attached hydrogens (tertiary/aromatic N) is 1. The second-order valence-electron chi connectivity index (χ2n) is 5.51. The fraction of sp³-hybridized carbons (Fsp3) is 0.786. The predicted molar refractivity (Wildman–Crippen MR) is 66.3 cm³/mol. The maximum Gasteiger partial charge on any atom is 0.0686 e. The quantitative estimate of drug-likeness (QED) is 0.663. The van der Waals surface area contributed by atoms with Crippen molar-refractivity contribution in [3.8, 4) is 0 Å². The van der Waals surface area contributed by atoms with Gasteiger partial charge in [-0.3, -0.25) is 4.99 Å². The minimum Gasteiger partial charge on any atom is -0.286 e. The fourth-order valence-electron chi connectivity index (χ4n) is 2.96. The van der Waals surface area contributed by atoms with Crippen LogP contribution >= 0.6 is 0 Å². The molecular weight excluding hydrogens is 182 g/mol. The number of rotatable bonds is 3. The Hall–Kier alpha value is -0.590. The van der Waals surface area contributed by atoms with Gasteiger partial charge in [0, 0.05) is 6.21 Å². The van der Waals surface area contributed by atoms with E-state index in [1.54, 1.807) is 0 Å². The van der Waals surface area contributed by atoms with E-state index in [2.05, 4.69) is 31.0 Å². The summed E-state index contributed by atoms with van der Waals surface area (Å²) in [4.78, 5) is 4.45. The number of hydrogen-bond acceptors (Lipinski definition) is 1. The molecule has 84 valence electrons. The molecule has 15 heavy (non-hydrogen) atoms. The van der Waals surface area contributed by atoms with Gasteiger partial charge in [0.2, 0.25) is 0 Å². The highest BCUT2D eigenvalue weighted by atomic mass is 14.8. The molecule has 1 atom stereocenters. The molecular formula is C14H23N. The molecule has 0 aromatic rings. The van der Waals surface area contributed by atoms with Gasteiger partial charge in [-0.15, -0.1) is 0 Å². The average Bonchev–Trinajstić information content (AvgIpc) is 2.71. The van der Waals surface area contributed by atoms with Gasteiger partial charge in [0.05, 0.1) is 6.04 Å². The molecule has 0 radical (unpaired) electrons. The lowest BCUT2D eigenvalue weighted by molar-refractivity contribution is 0.214. The van der Waals surface area contributed by atoms with Crippen molar-refractivity contribution in [3.05, 3.63) is 12.2 Å². The highest BCUT2D eigenvalue weighted by Crippen LogP contribution is 2.35. The van der Waals surface area contributed by atoms with E-state index in [1.165, 1.54) is 32.1 Å². The zero-order valence-electron chi connectivity index (χ0n) is 10.0. The van der Waals surface area contributed by atoms with Crippen LogP contribution in [0.1, 0.15) is 46.0 Å². The summed E-state index contributed by atoms with van der Waals surface area (Å²) in [5.41, 5.74) is 0. The van der Waals surface area contributed by atoms with E-state index in [9.17, 15) is 0 Å². The summed E-state index contributed by atoms with van der Waals surface area (Å²) in [7, 11) is 0. The van der Waals surface area contributed by atoms with Crippen LogP contribution in [-0.4, -0.2) is 12.3 Å². The van der Waals surface area contributed by atoms with Gasteiger partial charge in [0.1, 0.15) is 0 Å². The molecule has 2 rings (SSSR count). The zero-order chi connectivity index (χ0) is 10.7. The molecule has 1 aliphatic heterocycles. The smallest absolute Gasteiger partial charge is 0.0686 e. The first-order valence-electron chi connectivity index (χ1n) is 6.45. The van der Waals surface area contributed by atoms with Gasteiger partial charge < -0.3 is 0 Å². The predicted octanol–water partition coefficient (Wildman–Crippen LogP) is 3.85. The van der Waals surface area contributed by atoms with Crippen LogP contribution < -0.4 is 0 Å². The minimum atomic E-state index is 0.505. The van der Waals surface area contributed by atoms with Gasteiger partial charge in [-0.1, -0.05) is 32.8 Å². The molecule has 1 aliphatic carbocycles. The highest BCUT2D eigenvalue weighted by molar-refractivity contribution is 5.74. The van der Waals surface area contributed by atoms with Crippen LogP contribution in [0.4, 0.5) is 0 Å². The van der Waals surface area contributed by atoms with E-state index in [-0.39, 0.29) is 0 Å². The molecule has 2 aliphatic rings. The third-order valence-corrected chi connectivity index (χ3v) is 4.11. The lowest BCUT2D eigenvalue weighted by atomic mass is 9.75. The first-order chi connectivity index (χ1) is 7.25. The Bertz CT molecular complexity index is 232. The van der Waals surface area contributed by atoms with Crippen molar-refractivity contribution in [3.63, 3.8) is 0 Å². The number of hydrogen-bond donors (Lipinski definition) is 0. The summed E-state index contributed by atoms with van der Waals surface area (Å²) >= 11 is 0. The monoisotopic (exact) mass is 205 g/mol. The summed E-state index contributed by atoms with van der Waals surface area (Å²) in [6.07, 6.45) is 13.3. The van der Waals surface area contributed by atoms with Gasteiger partial charge in [-0.25, -0.2) is 0 Å². The van der Waals surface area contributed by atoms with Gasteiger partial charge >= 0.3 is 0 Å². The molecule has 1 unspecified atom stereocenters. The van der Waals surface area contributed by atoms with Crippen LogP contribution in [0.15, 0.2) is 17.1 Å². The number of allylic oxidation sites excluding steroid dienone is 1. The Labute approximate surface area is 93.7 Å². The molecule has 0 saturated heterocycles. The molecule has 0 amide bonds. The van der Waals surface area contributed by atoms with Crippen molar-refractivity contribution in [1.82, 2.24) is 0 Å². The largest absolute Gasteiger partial charge is 0.286 e. The maximum absolute atomic E-state index is 4.45. The van der Waals surface area contributed by atoms with Gasteiger partial charge in [0.25, 0.3) is 0 Å². The normalized spacial score (nSPS) is 35.3. The summed E-state index contributed by atoms with van der Waals surface area (Å²) in [5, 5.41) is 0. The van der Waals surface area contributed by atoms with Crippen LogP contribution in [-0.2, 0) is 0 Å². The number of aliphatic imine (C=N–C) groups is 1. The lowest BCUT2D eigenvalue weighted by Crippen LogP contribution is -2.20. The Balaban J connectivity index is 1.73. The standard InChI is InChI=1S/C14H23N/c1-11(2)13-7-5-12(6-8-13)10-14-4-3-9-15-14/h3-4,9,11-14H,5-8,10H2,1-2H3. The SMILES string of the molecule is CC(C)C1CCC(CC2C=CC=N2)CC1. The molecule has 1 fully saturated rings. The van der Waals surface area contributed by atoms with Crippen LogP contribution in [0, 0.1) is 17.8 Å². The second kappa shape index (κ2) is 4.96. The van der Waals surface area contributed by atoms with E-state index < -0.39 is 0 Å². The Kier molecular flexibility index (Phi) is 3.61. The van der Waals surface area contributed by atoms with E-state index in [0.29, 0.717) is 6.04 Å². The zero-order valence-corrected chi connectivity index (χ0v) is 10.0. The molecule has 0 spiro atoms. The van der Waals surface area contributed by atoms with E-state index in [1.807, 2.05) is 6.21 Å². The van der Waals surface area contributed by atoms with Gasteiger partial charge in [0.15, 0.2) is 0 Å². The van der Waals surface area contributed by atoms with Crippen LogP contribution in [0.2, 0.25) is 0 Å². The molecule has 1 saturated carbocycles.